The molecule has 1 aromatic heterocycles. The van der Waals surface area contributed by atoms with Crippen LogP contribution in [0.15, 0.2) is 46.5 Å². The number of benzene rings is 2. The van der Waals surface area contributed by atoms with Crippen molar-refractivity contribution in [3.63, 3.8) is 0 Å². The van der Waals surface area contributed by atoms with Gasteiger partial charge in [0, 0.05) is 29.1 Å². The van der Waals surface area contributed by atoms with Crippen LogP contribution in [0.2, 0.25) is 0 Å². The van der Waals surface area contributed by atoms with Crippen LogP contribution in [0.25, 0.3) is 10.9 Å². The van der Waals surface area contributed by atoms with Gasteiger partial charge in [0.2, 0.25) is 0 Å². The number of rotatable bonds is 6. The molecule has 3 heterocycles. The summed E-state index contributed by atoms with van der Waals surface area (Å²) in [6.45, 7) is 2.93. The standard InChI is InChI=1S/C23H23F2N5O2/c24-13-1-3-18-16(11-13)20(23(31)29-18)22-21(17-12-14(25)2-4-19(17)28-22)30-32-10-9-27-15-5-7-26-8-6-15/h1-4,11-12,15,26-27,29,31H,5-10H2. The number of nitrogens with zero attached hydrogens (tertiary/aromatic N) is 2. The first kappa shape index (κ1) is 20.6. The van der Waals surface area contributed by atoms with Crippen molar-refractivity contribution < 1.29 is 18.7 Å². The van der Waals surface area contributed by atoms with Crippen LogP contribution in [0.4, 0.5) is 14.5 Å². The minimum Gasteiger partial charge on any atom is -0.494 e. The third kappa shape index (κ3) is 3.96. The molecule has 2 aliphatic rings. The average Bonchev–Trinajstić information content (AvgIpc) is 3.30. The summed E-state index contributed by atoms with van der Waals surface area (Å²) in [5.41, 5.74) is 2.40. The number of aromatic nitrogens is 1. The topological polar surface area (TPSA) is 94.0 Å². The first-order valence-electron chi connectivity index (χ1n) is 10.6. The van der Waals surface area contributed by atoms with Crippen LogP contribution < -0.4 is 10.6 Å². The van der Waals surface area contributed by atoms with E-state index in [0.717, 1.165) is 25.9 Å². The Balaban J connectivity index is 1.42. The molecule has 0 atom stereocenters. The Labute approximate surface area is 183 Å². The van der Waals surface area contributed by atoms with Gasteiger partial charge in [-0.15, -0.1) is 0 Å². The highest BCUT2D eigenvalue weighted by Gasteiger charge is 2.30. The van der Waals surface area contributed by atoms with Gasteiger partial charge in [0.15, 0.2) is 5.88 Å². The van der Waals surface area contributed by atoms with E-state index in [4.69, 9.17) is 4.84 Å². The summed E-state index contributed by atoms with van der Waals surface area (Å²) in [5.74, 6) is -1.05. The molecule has 0 radical (unpaired) electrons. The predicted molar refractivity (Wildman–Crippen MR) is 119 cm³/mol. The van der Waals surface area contributed by atoms with Crippen molar-refractivity contribution in [2.24, 2.45) is 10.1 Å². The molecule has 2 aromatic carbocycles. The van der Waals surface area contributed by atoms with E-state index in [1.165, 1.54) is 30.3 Å². The minimum absolute atomic E-state index is 0.169. The Kier molecular flexibility index (Phi) is 5.59. The van der Waals surface area contributed by atoms with Gasteiger partial charge in [-0.25, -0.2) is 13.8 Å². The minimum atomic E-state index is -0.446. The Morgan fingerprint density at radius 1 is 1.12 bits per heavy atom. The van der Waals surface area contributed by atoms with Gasteiger partial charge in [0.25, 0.3) is 0 Å². The van der Waals surface area contributed by atoms with E-state index >= 15 is 0 Å². The van der Waals surface area contributed by atoms with E-state index in [1.54, 1.807) is 6.07 Å². The molecule has 5 rings (SSSR count). The number of hydrogen-bond donors (Lipinski definition) is 4. The lowest BCUT2D eigenvalue weighted by molar-refractivity contribution is 0.143. The van der Waals surface area contributed by atoms with E-state index in [1.807, 2.05) is 0 Å². The zero-order chi connectivity index (χ0) is 22.1. The highest BCUT2D eigenvalue weighted by molar-refractivity contribution is 6.58. The maximum Gasteiger partial charge on any atom is 0.199 e. The summed E-state index contributed by atoms with van der Waals surface area (Å²) in [6.07, 6.45) is 2.13. The summed E-state index contributed by atoms with van der Waals surface area (Å²) in [7, 11) is 0. The molecule has 3 aromatic rings. The van der Waals surface area contributed by atoms with E-state index in [9.17, 15) is 13.9 Å². The molecule has 2 aliphatic heterocycles. The molecule has 0 amide bonds. The lowest BCUT2D eigenvalue weighted by atomic mass is 10.0. The van der Waals surface area contributed by atoms with E-state index < -0.39 is 11.6 Å². The van der Waals surface area contributed by atoms with Gasteiger partial charge in [-0.3, -0.25) is 0 Å². The molecule has 1 saturated heterocycles. The van der Waals surface area contributed by atoms with Crippen LogP contribution in [0.3, 0.4) is 0 Å². The zero-order valence-electron chi connectivity index (χ0n) is 17.3. The van der Waals surface area contributed by atoms with Crippen molar-refractivity contribution in [2.45, 2.75) is 18.9 Å². The highest BCUT2D eigenvalue weighted by atomic mass is 19.1. The highest BCUT2D eigenvalue weighted by Crippen LogP contribution is 2.36. The third-order valence-corrected chi connectivity index (χ3v) is 5.77. The van der Waals surface area contributed by atoms with E-state index in [2.05, 4.69) is 25.8 Å². The van der Waals surface area contributed by atoms with Crippen LogP contribution in [-0.4, -0.2) is 53.8 Å². The van der Waals surface area contributed by atoms with Crippen molar-refractivity contribution in [1.29, 1.82) is 0 Å². The van der Waals surface area contributed by atoms with Crippen LogP contribution in [0, 0.1) is 11.6 Å². The number of oxime groups is 1. The normalized spacial score (nSPS) is 17.7. The first-order valence-corrected chi connectivity index (χ1v) is 10.6. The molecule has 32 heavy (non-hydrogen) atoms. The van der Waals surface area contributed by atoms with Crippen molar-refractivity contribution in [3.05, 3.63) is 59.2 Å². The van der Waals surface area contributed by atoms with Crippen LogP contribution in [0.5, 0.6) is 5.88 Å². The Bertz CT molecular complexity index is 1210. The van der Waals surface area contributed by atoms with E-state index in [-0.39, 0.29) is 5.88 Å². The van der Waals surface area contributed by atoms with Gasteiger partial charge in [0.05, 0.1) is 11.3 Å². The van der Waals surface area contributed by atoms with Gasteiger partial charge < -0.3 is 25.6 Å². The fourth-order valence-electron chi connectivity index (χ4n) is 4.20. The zero-order valence-corrected chi connectivity index (χ0v) is 17.3. The van der Waals surface area contributed by atoms with Crippen LogP contribution in [0.1, 0.15) is 24.0 Å². The maximum absolute atomic E-state index is 14.0. The van der Waals surface area contributed by atoms with Crippen LogP contribution >= 0.6 is 0 Å². The number of aromatic hydroxyl groups is 1. The molecule has 1 fully saturated rings. The molecule has 9 heteroatoms. The van der Waals surface area contributed by atoms with Gasteiger partial charge in [-0.1, -0.05) is 5.16 Å². The molecule has 166 valence electrons. The van der Waals surface area contributed by atoms with Crippen LogP contribution in [-0.2, 0) is 4.84 Å². The summed E-state index contributed by atoms with van der Waals surface area (Å²) >= 11 is 0. The lowest BCUT2D eigenvalue weighted by Gasteiger charge is -2.23. The molecule has 0 bridgehead atoms. The molecular weight excluding hydrogens is 416 g/mol. The molecule has 7 nitrogen and oxygen atoms in total. The summed E-state index contributed by atoms with van der Waals surface area (Å²) < 4.78 is 27.9. The van der Waals surface area contributed by atoms with E-state index in [0.29, 0.717) is 58.3 Å². The number of H-pyrrole nitrogens is 1. The molecule has 0 spiro atoms. The monoisotopic (exact) mass is 439 g/mol. The second-order valence-corrected chi connectivity index (χ2v) is 7.91. The quantitative estimate of drug-likeness (QED) is 0.350. The third-order valence-electron chi connectivity index (χ3n) is 5.77. The SMILES string of the molecule is Oc1[nH]c2ccc(F)cc2c1C1=Nc2ccc(F)cc2C1=NOCCNC1CCNCC1. The number of aliphatic imine (C=N–C) groups is 1. The summed E-state index contributed by atoms with van der Waals surface area (Å²) in [5, 5.41) is 22.0. The number of fused-ring (bicyclic) bond motifs is 2. The first-order chi connectivity index (χ1) is 15.6. The Morgan fingerprint density at radius 3 is 2.75 bits per heavy atom. The van der Waals surface area contributed by atoms with Gasteiger partial charge in [-0.2, -0.15) is 0 Å². The number of hydrogen-bond acceptors (Lipinski definition) is 6. The maximum atomic E-state index is 14.0. The second kappa shape index (κ2) is 8.68. The molecule has 0 aliphatic carbocycles. The molecular formula is C23H23F2N5O2. The average molecular weight is 439 g/mol. The Morgan fingerprint density at radius 2 is 1.91 bits per heavy atom. The van der Waals surface area contributed by atoms with Gasteiger partial charge in [-0.05, 0) is 62.3 Å². The fraction of sp³-hybridized carbons (Fsp3) is 0.304. The molecule has 4 N–H and O–H groups in total. The fourth-order valence-corrected chi connectivity index (χ4v) is 4.20. The summed E-state index contributed by atoms with van der Waals surface area (Å²) in [6, 6.07) is 8.78. The molecule has 0 saturated carbocycles. The van der Waals surface area contributed by atoms with Gasteiger partial charge in [0.1, 0.15) is 29.7 Å². The number of aromatic amines is 1. The Hall–Kier alpha value is -3.30. The van der Waals surface area contributed by atoms with Crippen molar-refractivity contribution in [1.82, 2.24) is 15.6 Å². The number of nitrogens with one attached hydrogen (secondary N) is 3. The van der Waals surface area contributed by atoms with Crippen molar-refractivity contribution in [3.8, 4) is 5.88 Å². The largest absolute Gasteiger partial charge is 0.494 e. The smallest absolute Gasteiger partial charge is 0.199 e. The summed E-state index contributed by atoms with van der Waals surface area (Å²) in [4.78, 5) is 12.9. The number of halogens is 2. The lowest BCUT2D eigenvalue weighted by Crippen LogP contribution is -2.41. The van der Waals surface area contributed by atoms with Crippen molar-refractivity contribution in [2.75, 3.05) is 26.2 Å². The number of piperidine rings is 1. The molecule has 0 unspecified atom stereocenters. The second-order valence-electron chi connectivity index (χ2n) is 7.91. The van der Waals surface area contributed by atoms with Crippen molar-refractivity contribution >= 4 is 28.0 Å². The van der Waals surface area contributed by atoms with Gasteiger partial charge >= 0.3 is 0 Å². The predicted octanol–water partition coefficient (Wildman–Crippen LogP) is 3.35.